The largest absolute Gasteiger partial charge is 0.419 e. The van der Waals surface area contributed by atoms with E-state index < -0.39 is 29.6 Å². The first-order valence-corrected chi connectivity index (χ1v) is 9.84. The van der Waals surface area contributed by atoms with E-state index >= 15 is 0 Å². The van der Waals surface area contributed by atoms with E-state index in [4.69, 9.17) is 0 Å². The Labute approximate surface area is 165 Å². The van der Waals surface area contributed by atoms with Gasteiger partial charge in [-0.2, -0.15) is 13.2 Å². The lowest BCUT2D eigenvalue weighted by Gasteiger charge is -2.31. The lowest BCUT2D eigenvalue weighted by Crippen LogP contribution is -2.40. The fourth-order valence-corrected chi connectivity index (χ4v) is 3.91. The Hall–Kier alpha value is -2.00. The molecule has 4 nitrogen and oxygen atoms in total. The summed E-state index contributed by atoms with van der Waals surface area (Å²) in [7, 11) is 0. The first kappa shape index (κ1) is 20.3. The molecule has 9 heteroatoms. The zero-order valence-electron chi connectivity index (χ0n) is 15.9. The summed E-state index contributed by atoms with van der Waals surface area (Å²) in [4.78, 5) is 6.78. The smallest absolute Gasteiger partial charge is 0.333 e. The van der Waals surface area contributed by atoms with Crippen molar-refractivity contribution in [2.75, 3.05) is 32.7 Å². The molecule has 29 heavy (non-hydrogen) atoms. The molecule has 0 spiro atoms. The third-order valence-electron chi connectivity index (χ3n) is 5.72. The molecule has 0 aliphatic carbocycles. The van der Waals surface area contributed by atoms with Crippen LogP contribution in [0.2, 0.25) is 0 Å². The molecule has 158 valence electrons. The number of imidazole rings is 1. The first-order chi connectivity index (χ1) is 13.8. The van der Waals surface area contributed by atoms with Crippen LogP contribution in [0.4, 0.5) is 22.0 Å². The number of likely N-dealkylation sites (tertiary alicyclic amines) is 1. The van der Waals surface area contributed by atoms with Gasteiger partial charge in [0.05, 0.1) is 17.2 Å². The van der Waals surface area contributed by atoms with Crippen molar-refractivity contribution in [2.24, 2.45) is 0 Å². The van der Waals surface area contributed by atoms with Crippen molar-refractivity contribution in [3.05, 3.63) is 41.6 Å². The summed E-state index contributed by atoms with van der Waals surface area (Å²) < 4.78 is 69.4. The van der Waals surface area contributed by atoms with Gasteiger partial charge in [-0.25, -0.2) is 13.8 Å². The van der Waals surface area contributed by atoms with Crippen LogP contribution in [-0.2, 0) is 12.7 Å². The van der Waals surface area contributed by atoms with Crippen molar-refractivity contribution >= 4 is 0 Å². The lowest BCUT2D eigenvalue weighted by atomic mass is 9.95. The van der Waals surface area contributed by atoms with Gasteiger partial charge in [0, 0.05) is 31.4 Å². The molecule has 2 saturated heterocycles. The van der Waals surface area contributed by atoms with Gasteiger partial charge in [-0.15, -0.1) is 0 Å². The van der Waals surface area contributed by atoms with Crippen molar-refractivity contribution < 1.29 is 22.0 Å². The number of halogens is 5. The zero-order valence-corrected chi connectivity index (χ0v) is 15.9. The molecule has 0 amide bonds. The summed E-state index contributed by atoms with van der Waals surface area (Å²) in [6.07, 6.45) is -2.52. The maximum absolute atomic E-state index is 14.6. The Morgan fingerprint density at radius 1 is 1.17 bits per heavy atom. The minimum atomic E-state index is -4.79. The minimum absolute atomic E-state index is 0.173. The molecule has 0 radical (unpaired) electrons. The van der Waals surface area contributed by atoms with Gasteiger partial charge < -0.3 is 14.8 Å². The predicted octanol–water partition coefficient (Wildman–Crippen LogP) is 3.83. The maximum atomic E-state index is 14.6. The minimum Gasteiger partial charge on any atom is -0.333 e. The standard InChI is InChI=1S/C20H23F5N4/c21-16-3-2-13(10-15(16)20(23,24)25)18-12-29(9-8-28-6-1-7-28)19(27-18)14-4-5-26-11-17(14)22/h2-3,10,12,14,17,26H,1,4-9,11H2/t14-,17-/m0/s1. The van der Waals surface area contributed by atoms with Crippen LogP contribution in [-0.4, -0.2) is 53.3 Å². The van der Waals surface area contributed by atoms with Gasteiger partial charge in [0.1, 0.15) is 17.8 Å². The summed E-state index contributed by atoms with van der Waals surface area (Å²) in [5.74, 6) is -1.18. The van der Waals surface area contributed by atoms with Crippen LogP contribution in [0.25, 0.3) is 11.3 Å². The number of piperidine rings is 1. The molecule has 4 rings (SSSR count). The average molecular weight is 414 g/mol. The monoisotopic (exact) mass is 414 g/mol. The lowest BCUT2D eigenvalue weighted by molar-refractivity contribution is -0.139. The Bertz CT molecular complexity index is 859. The number of rotatable bonds is 5. The Morgan fingerprint density at radius 3 is 2.62 bits per heavy atom. The molecular formula is C20H23F5N4. The number of nitrogens with zero attached hydrogens (tertiary/aromatic N) is 3. The average Bonchev–Trinajstić information content (AvgIpc) is 3.04. The second-order valence-electron chi connectivity index (χ2n) is 7.68. The number of hydrogen-bond acceptors (Lipinski definition) is 3. The van der Waals surface area contributed by atoms with Crippen LogP contribution >= 0.6 is 0 Å². The quantitative estimate of drug-likeness (QED) is 0.755. The molecule has 2 aliphatic heterocycles. The molecule has 1 aromatic heterocycles. The third kappa shape index (κ3) is 4.30. The second kappa shape index (κ2) is 8.02. The highest BCUT2D eigenvalue weighted by atomic mass is 19.4. The number of aromatic nitrogens is 2. The molecule has 0 saturated carbocycles. The summed E-state index contributed by atoms with van der Waals surface area (Å²) in [6, 6.07) is 2.86. The van der Waals surface area contributed by atoms with Crippen LogP contribution in [0.15, 0.2) is 24.4 Å². The number of nitrogens with one attached hydrogen (secondary N) is 1. The van der Waals surface area contributed by atoms with Gasteiger partial charge >= 0.3 is 6.18 Å². The summed E-state index contributed by atoms with van der Waals surface area (Å²) in [6.45, 7) is 4.29. The summed E-state index contributed by atoms with van der Waals surface area (Å²) in [5, 5.41) is 3.00. The van der Waals surface area contributed by atoms with Gasteiger partial charge in [0.15, 0.2) is 0 Å². The van der Waals surface area contributed by atoms with E-state index in [1.54, 1.807) is 6.20 Å². The molecule has 2 aliphatic rings. The Morgan fingerprint density at radius 2 is 1.97 bits per heavy atom. The van der Waals surface area contributed by atoms with E-state index in [1.807, 2.05) is 4.57 Å². The SMILES string of the molecule is Fc1ccc(-c2cn(CCN3CCC3)c([C@H]3CCNC[C@@H]3F)n2)cc1C(F)(F)F. The van der Waals surface area contributed by atoms with Crippen LogP contribution in [0, 0.1) is 5.82 Å². The highest BCUT2D eigenvalue weighted by molar-refractivity contribution is 5.60. The zero-order chi connectivity index (χ0) is 20.6. The van der Waals surface area contributed by atoms with Gasteiger partial charge in [0.2, 0.25) is 0 Å². The highest BCUT2D eigenvalue weighted by Crippen LogP contribution is 2.35. The molecule has 2 aromatic rings. The van der Waals surface area contributed by atoms with Gasteiger partial charge in [0.25, 0.3) is 0 Å². The topological polar surface area (TPSA) is 33.1 Å². The van der Waals surface area contributed by atoms with E-state index in [9.17, 15) is 22.0 Å². The number of alkyl halides is 4. The maximum Gasteiger partial charge on any atom is 0.419 e. The van der Waals surface area contributed by atoms with Crippen molar-refractivity contribution in [3.8, 4) is 11.3 Å². The van der Waals surface area contributed by atoms with Crippen LogP contribution < -0.4 is 5.32 Å². The van der Waals surface area contributed by atoms with E-state index in [2.05, 4.69) is 15.2 Å². The highest BCUT2D eigenvalue weighted by Gasteiger charge is 2.35. The summed E-state index contributed by atoms with van der Waals surface area (Å²) in [5.41, 5.74) is -0.844. The van der Waals surface area contributed by atoms with Gasteiger partial charge in [-0.05, 0) is 50.7 Å². The molecule has 3 heterocycles. The summed E-state index contributed by atoms with van der Waals surface area (Å²) >= 11 is 0. The van der Waals surface area contributed by atoms with Crippen molar-refractivity contribution in [1.29, 1.82) is 0 Å². The molecular weight excluding hydrogens is 391 g/mol. The normalized spacial score (nSPS) is 23.2. The van der Waals surface area contributed by atoms with E-state index in [1.165, 1.54) is 6.07 Å². The van der Waals surface area contributed by atoms with E-state index in [0.717, 1.165) is 38.2 Å². The molecule has 2 atom stereocenters. The van der Waals surface area contributed by atoms with Crippen LogP contribution in [0.3, 0.4) is 0 Å². The second-order valence-corrected chi connectivity index (χ2v) is 7.68. The predicted molar refractivity (Wildman–Crippen MR) is 98.8 cm³/mol. The fourth-order valence-electron chi connectivity index (χ4n) is 3.91. The van der Waals surface area contributed by atoms with Crippen molar-refractivity contribution in [1.82, 2.24) is 19.8 Å². The molecule has 0 unspecified atom stereocenters. The molecule has 1 N–H and O–H groups in total. The number of hydrogen-bond donors (Lipinski definition) is 1. The van der Waals surface area contributed by atoms with E-state index in [0.29, 0.717) is 31.0 Å². The van der Waals surface area contributed by atoms with Crippen LogP contribution in [0.5, 0.6) is 0 Å². The first-order valence-electron chi connectivity index (χ1n) is 9.84. The van der Waals surface area contributed by atoms with Crippen molar-refractivity contribution in [3.63, 3.8) is 0 Å². The Balaban J connectivity index is 1.68. The number of benzene rings is 1. The van der Waals surface area contributed by atoms with Gasteiger partial charge in [-0.3, -0.25) is 0 Å². The molecule has 0 bridgehead atoms. The van der Waals surface area contributed by atoms with Crippen molar-refractivity contribution in [2.45, 2.75) is 37.7 Å². The molecule has 2 fully saturated rings. The Kier molecular flexibility index (Phi) is 5.61. The van der Waals surface area contributed by atoms with E-state index in [-0.39, 0.29) is 12.1 Å². The third-order valence-corrected chi connectivity index (χ3v) is 5.72. The fraction of sp³-hybridized carbons (Fsp3) is 0.550. The van der Waals surface area contributed by atoms with Gasteiger partial charge in [-0.1, -0.05) is 0 Å². The molecule has 1 aromatic carbocycles. The van der Waals surface area contributed by atoms with Crippen LogP contribution in [0.1, 0.15) is 30.1 Å².